The highest BCUT2D eigenvalue weighted by molar-refractivity contribution is 6.31. The number of nitriles is 1. The zero-order valence-electron chi connectivity index (χ0n) is 11.2. The Bertz CT molecular complexity index is 623. The Morgan fingerprint density at radius 3 is 2.70 bits per heavy atom. The fraction of sp³-hybridized carbons (Fsp3) is 0.357. The van der Waals surface area contributed by atoms with E-state index in [1.54, 1.807) is 18.2 Å². The molecule has 0 aliphatic carbocycles. The summed E-state index contributed by atoms with van der Waals surface area (Å²) in [7, 11) is 0. The number of aryl methyl sites for hydroxylation is 1. The van der Waals surface area contributed by atoms with Crippen molar-refractivity contribution in [1.82, 2.24) is 10.2 Å². The third kappa shape index (κ3) is 2.02. The van der Waals surface area contributed by atoms with E-state index in [9.17, 15) is 9.59 Å². The van der Waals surface area contributed by atoms with Crippen molar-refractivity contribution in [3.05, 3.63) is 34.3 Å². The standard InChI is InChI=1S/C14H14ClN3O2/c1-3-14(10-4-5-11(15)9(2)8-10)12(19)18(7-6-16)13(20)17-14/h4-5,8H,3,7H2,1-2H3,(H,17,20). The molecule has 5 nitrogen and oxygen atoms in total. The lowest BCUT2D eigenvalue weighted by Gasteiger charge is -2.26. The van der Waals surface area contributed by atoms with E-state index in [0.717, 1.165) is 10.5 Å². The summed E-state index contributed by atoms with van der Waals surface area (Å²) >= 11 is 5.99. The molecule has 1 unspecified atom stereocenters. The number of carbonyl (C=O) groups excluding carboxylic acids is 2. The van der Waals surface area contributed by atoms with Gasteiger partial charge in [0.15, 0.2) is 0 Å². The first-order valence-corrected chi connectivity index (χ1v) is 6.61. The van der Waals surface area contributed by atoms with E-state index in [0.29, 0.717) is 17.0 Å². The molecule has 1 aromatic carbocycles. The van der Waals surface area contributed by atoms with Crippen LogP contribution >= 0.6 is 11.6 Å². The molecule has 1 saturated heterocycles. The largest absolute Gasteiger partial charge is 0.326 e. The molecule has 0 bridgehead atoms. The monoisotopic (exact) mass is 291 g/mol. The van der Waals surface area contributed by atoms with Gasteiger partial charge in [-0.15, -0.1) is 0 Å². The molecule has 20 heavy (non-hydrogen) atoms. The van der Waals surface area contributed by atoms with Crippen LogP contribution in [0.5, 0.6) is 0 Å². The fourth-order valence-corrected chi connectivity index (χ4v) is 2.51. The number of hydrogen-bond donors (Lipinski definition) is 1. The smallest absolute Gasteiger partial charge is 0.319 e. The molecule has 0 aromatic heterocycles. The van der Waals surface area contributed by atoms with Gasteiger partial charge in [0.05, 0.1) is 6.07 Å². The number of carbonyl (C=O) groups is 2. The minimum Gasteiger partial charge on any atom is -0.319 e. The summed E-state index contributed by atoms with van der Waals surface area (Å²) in [6, 6.07) is 6.52. The Balaban J connectivity index is 2.50. The maximum atomic E-state index is 12.5. The molecular formula is C14H14ClN3O2. The number of urea groups is 1. The second-order valence-electron chi connectivity index (χ2n) is 4.70. The van der Waals surface area contributed by atoms with E-state index in [2.05, 4.69) is 5.32 Å². The van der Waals surface area contributed by atoms with Gasteiger partial charge in [0.2, 0.25) is 0 Å². The third-order valence-electron chi connectivity index (χ3n) is 3.59. The van der Waals surface area contributed by atoms with Gasteiger partial charge in [-0.25, -0.2) is 9.69 Å². The lowest BCUT2D eigenvalue weighted by molar-refractivity contribution is -0.131. The van der Waals surface area contributed by atoms with Gasteiger partial charge < -0.3 is 5.32 Å². The number of halogens is 1. The average molecular weight is 292 g/mol. The van der Waals surface area contributed by atoms with Gasteiger partial charge in [-0.1, -0.05) is 30.7 Å². The van der Waals surface area contributed by atoms with Gasteiger partial charge in [-0.2, -0.15) is 5.26 Å². The first-order valence-electron chi connectivity index (χ1n) is 6.24. The molecule has 1 N–H and O–H groups in total. The number of amides is 3. The molecule has 0 spiro atoms. The van der Waals surface area contributed by atoms with Crippen molar-refractivity contribution in [2.24, 2.45) is 0 Å². The number of rotatable bonds is 3. The van der Waals surface area contributed by atoms with Crippen molar-refractivity contribution < 1.29 is 9.59 Å². The van der Waals surface area contributed by atoms with Crippen LogP contribution in [0, 0.1) is 18.3 Å². The van der Waals surface area contributed by atoms with Gasteiger partial charge in [-0.05, 0) is 30.5 Å². The number of benzene rings is 1. The Labute approximate surface area is 122 Å². The molecule has 3 amide bonds. The van der Waals surface area contributed by atoms with Crippen LogP contribution in [0.2, 0.25) is 5.02 Å². The van der Waals surface area contributed by atoms with Crippen LogP contribution < -0.4 is 5.32 Å². The van der Waals surface area contributed by atoms with E-state index < -0.39 is 17.5 Å². The van der Waals surface area contributed by atoms with Gasteiger partial charge in [0.1, 0.15) is 12.1 Å². The van der Waals surface area contributed by atoms with E-state index in [1.807, 2.05) is 19.9 Å². The molecule has 1 aliphatic heterocycles. The van der Waals surface area contributed by atoms with Crippen LogP contribution in [0.3, 0.4) is 0 Å². The summed E-state index contributed by atoms with van der Waals surface area (Å²) in [4.78, 5) is 25.3. The summed E-state index contributed by atoms with van der Waals surface area (Å²) in [6.45, 7) is 3.40. The van der Waals surface area contributed by atoms with E-state index >= 15 is 0 Å². The quantitative estimate of drug-likeness (QED) is 0.686. The van der Waals surface area contributed by atoms with Crippen LogP contribution in [0.15, 0.2) is 18.2 Å². The van der Waals surface area contributed by atoms with E-state index in [-0.39, 0.29) is 6.54 Å². The van der Waals surface area contributed by atoms with Crippen molar-refractivity contribution in [3.63, 3.8) is 0 Å². The molecule has 104 valence electrons. The summed E-state index contributed by atoms with van der Waals surface area (Å²) < 4.78 is 0. The van der Waals surface area contributed by atoms with E-state index in [1.165, 1.54) is 0 Å². The van der Waals surface area contributed by atoms with Gasteiger partial charge in [0, 0.05) is 5.02 Å². The zero-order chi connectivity index (χ0) is 14.9. The number of nitrogens with one attached hydrogen (secondary N) is 1. The fourth-order valence-electron chi connectivity index (χ4n) is 2.39. The van der Waals surface area contributed by atoms with Crippen LogP contribution in [-0.4, -0.2) is 23.4 Å². The molecule has 1 heterocycles. The lowest BCUT2D eigenvalue weighted by Crippen LogP contribution is -2.43. The zero-order valence-corrected chi connectivity index (χ0v) is 12.0. The van der Waals surface area contributed by atoms with Crippen LogP contribution in [-0.2, 0) is 10.3 Å². The van der Waals surface area contributed by atoms with Crippen LogP contribution in [0.1, 0.15) is 24.5 Å². The Kier molecular flexibility index (Phi) is 3.69. The lowest BCUT2D eigenvalue weighted by atomic mass is 9.86. The summed E-state index contributed by atoms with van der Waals surface area (Å²) in [5.74, 6) is -0.395. The highest BCUT2D eigenvalue weighted by Crippen LogP contribution is 2.33. The molecule has 1 fully saturated rings. The Morgan fingerprint density at radius 1 is 1.45 bits per heavy atom. The normalized spacial score (nSPS) is 21.8. The van der Waals surface area contributed by atoms with Crippen LogP contribution in [0.4, 0.5) is 4.79 Å². The minimum atomic E-state index is -1.11. The number of nitrogens with zero attached hydrogens (tertiary/aromatic N) is 2. The topological polar surface area (TPSA) is 73.2 Å². The SMILES string of the molecule is CCC1(c2ccc(Cl)c(C)c2)NC(=O)N(CC#N)C1=O. The molecule has 1 atom stereocenters. The van der Waals surface area contributed by atoms with Crippen molar-refractivity contribution in [2.45, 2.75) is 25.8 Å². The van der Waals surface area contributed by atoms with Crippen molar-refractivity contribution in [1.29, 1.82) is 5.26 Å². The van der Waals surface area contributed by atoms with Crippen molar-refractivity contribution in [3.8, 4) is 6.07 Å². The van der Waals surface area contributed by atoms with E-state index in [4.69, 9.17) is 16.9 Å². The Morgan fingerprint density at radius 2 is 2.15 bits per heavy atom. The molecule has 1 aromatic rings. The summed E-state index contributed by atoms with van der Waals surface area (Å²) in [5, 5.41) is 12.0. The second kappa shape index (κ2) is 5.14. The Hall–Kier alpha value is -2.06. The first-order chi connectivity index (χ1) is 9.46. The first kappa shape index (κ1) is 14.4. The highest BCUT2D eigenvalue weighted by Gasteiger charge is 2.51. The molecule has 1 aliphatic rings. The van der Waals surface area contributed by atoms with Gasteiger partial charge >= 0.3 is 6.03 Å². The predicted molar refractivity (Wildman–Crippen MR) is 74.0 cm³/mol. The second-order valence-corrected chi connectivity index (χ2v) is 5.11. The number of imide groups is 1. The van der Waals surface area contributed by atoms with Crippen LogP contribution in [0.25, 0.3) is 0 Å². The summed E-state index contributed by atoms with van der Waals surface area (Å²) in [6.07, 6.45) is 0.403. The van der Waals surface area contributed by atoms with Crippen molar-refractivity contribution in [2.75, 3.05) is 6.54 Å². The summed E-state index contributed by atoms with van der Waals surface area (Å²) in [5.41, 5.74) is 0.405. The molecule has 0 radical (unpaired) electrons. The maximum absolute atomic E-state index is 12.5. The van der Waals surface area contributed by atoms with Gasteiger partial charge in [0.25, 0.3) is 5.91 Å². The van der Waals surface area contributed by atoms with Gasteiger partial charge in [-0.3, -0.25) is 4.79 Å². The average Bonchev–Trinajstić information content (AvgIpc) is 2.67. The highest BCUT2D eigenvalue weighted by atomic mass is 35.5. The predicted octanol–water partition coefficient (Wildman–Crippen LogP) is 2.33. The maximum Gasteiger partial charge on any atom is 0.326 e. The number of hydrogen-bond acceptors (Lipinski definition) is 3. The third-order valence-corrected chi connectivity index (χ3v) is 4.01. The minimum absolute atomic E-state index is 0.251. The molecule has 0 saturated carbocycles. The molecular weight excluding hydrogens is 278 g/mol. The molecule has 6 heteroatoms. The van der Waals surface area contributed by atoms with Crippen molar-refractivity contribution >= 4 is 23.5 Å². The molecule has 2 rings (SSSR count).